The number of rotatable bonds is 2. The molecule has 0 aliphatic carbocycles. The van der Waals surface area contributed by atoms with Crippen molar-refractivity contribution in [1.82, 2.24) is 0 Å². The van der Waals surface area contributed by atoms with E-state index in [0.29, 0.717) is 0 Å². The van der Waals surface area contributed by atoms with Crippen molar-refractivity contribution in [2.75, 3.05) is 0 Å². The summed E-state index contributed by atoms with van der Waals surface area (Å²) in [4.78, 5) is 0. The van der Waals surface area contributed by atoms with Crippen molar-refractivity contribution >= 4 is 17.0 Å². The summed E-state index contributed by atoms with van der Waals surface area (Å²) >= 11 is -2.37. The fraction of sp³-hybridized carbons (Fsp3) is 0.250. The molecule has 0 aromatic heterocycles. The Bertz CT molecular complexity index is 235. The van der Waals surface area contributed by atoms with Gasteiger partial charge in [0.25, 0.3) is 0 Å². The van der Waals surface area contributed by atoms with Gasteiger partial charge in [0.15, 0.2) is 0 Å². The molecule has 0 aliphatic rings. The molecule has 1 aromatic rings. The van der Waals surface area contributed by atoms with Crippen molar-refractivity contribution in [3.63, 3.8) is 0 Å². The van der Waals surface area contributed by atoms with E-state index in [4.69, 9.17) is 0 Å². The first kappa shape index (κ1) is 13.1. The number of hydrogen-bond donors (Lipinski definition) is 0. The van der Waals surface area contributed by atoms with Crippen LogP contribution in [0.2, 0.25) is 0 Å². The van der Waals surface area contributed by atoms with Crippen LogP contribution in [0.4, 0.5) is 13.2 Å². The van der Waals surface area contributed by atoms with Gasteiger partial charge in [-0.2, -0.15) is 0 Å². The summed E-state index contributed by atoms with van der Waals surface area (Å²) in [5.41, 5.74) is 0.815. The molecule has 0 unspecified atom stereocenters. The van der Waals surface area contributed by atoms with Crippen molar-refractivity contribution in [2.45, 2.75) is 9.79 Å². The number of halogens is 4. The van der Waals surface area contributed by atoms with E-state index in [2.05, 4.69) is 0 Å². The topological polar surface area (TPSA) is 0 Å². The molecule has 0 N–H and O–H groups in total. The monoisotopic (exact) mass is 304 g/mol. The van der Waals surface area contributed by atoms with Crippen LogP contribution >= 0.6 is 17.0 Å². The Labute approximate surface area is 92.9 Å². The van der Waals surface area contributed by atoms with Crippen molar-refractivity contribution in [2.24, 2.45) is 0 Å². The summed E-state index contributed by atoms with van der Waals surface area (Å²) in [5.74, 6) is 0. The Morgan fingerprint density at radius 3 is 2.08 bits per heavy atom. The maximum atomic E-state index is 11.8. The average molecular weight is 306 g/mol. The standard InChI is InChI=1S/C7H7.CF3.BrH.Zn/c1-7-5-3-2-4-6-7;2-1(3)4;;/h2-6H,1H2;;1H;. The Balaban J connectivity index is 0.00000144. The molecule has 1 aromatic carbocycles. The van der Waals surface area contributed by atoms with Gasteiger partial charge in [-0.1, -0.05) is 0 Å². The molecular formula is C8H8BrF3Zn. The molecule has 1 rings (SSSR count). The molecule has 0 fully saturated rings. The van der Waals surface area contributed by atoms with Crippen LogP contribution in [0, 0.1) is 0 Å². The zero-order valence-electron chi connectivity index (χ0n) is 6.84. The summed E-state index contributed by atoms with van der Waals surface area (Å²) in [6.07, 6.45) is 0. The van der Waals surface area contributed by atoms with Gasteiger partial charge in [-0.05, 0) is 0 Å². The second-order valence-electron chi connectivity index (χ2n) is 2.60. The van der Waals surface area contributed by atoms with E-state index in [1.807, 2.05) is 6.07 Å². The minimum absolute atomic E-state index is 0. The third-order valence-electron chi connectivity index (χ3n) is 1.54. The van der Waals surface area contributed by atoms with Gasteiger partial charge in [0.2, 0.25) is 0 Å². The van der Waals surface area contributed by atoms with Crippen LogP contribution in [-0.2, 0) is 22.1 Å². The summed E-state index contributed by atoms with van der Waals surface area (Å²) in [6.45, 7) is 0. The Morgan fingerprint density at radius 1 is 1.08 bits per heavy atom. The second kappa shape index (κ2) is 5.76. The van der Waals surface area contributed by atoms with Crippen LogP contribution in [0.1, 0.15) is 5.56 Å². The molecule has 0 saturated heterocycles. The molecule has 0 atom stereocenters. The van der Waals surface area contributed by atoms with E-state index in [1.54, 1.807) is 24.3 Å². The van der Waals surface area contributed by atoms with Crippen molar-refractivity contribution in [1.29, 1.82) is 0 Å². The Kier molecular flexibility index (Phi) is 5.81. The number of benzene rings is 1. The van der Waals surface area contributed by atoms with Crippen molar-refractivity contribution in [3.8, 4) is 0 Å². The summed E-state index contributed by atoms with van der Waals surface area (Å²) in [5, 5.41) is 0.261. The molecule has 0 nitrogen and oxygen atoms in total. The summed E-state index contributed by atoms with van der Waals surface area (Å²) < 4.78 is 31.6. The zero-order valence-corrected chi connectivity index (χ0v) is 11.5. The van der Waals surface area contributed by atoms with E-state index in [9.17, 15) is 13.2 Å². The molecule has 5 heteroatoms. The first-order valence-electron chi connectivity index (χ1n) is 3.68. The molecule has 0 radical (unpaired) electrons. The Hall–Kier alpha value is 0.113. The van der Waals surface area contributed by atoms with E-state index in [-0.39, 0.29) is 22.0 Å². The van der Waals surface area contributed by atoms with Gasteiger partial charge in [0.05, 0.1) is 0 Å². The normalized spacial score (nSPS) is 10.1. The molecule has 13 heavy (non-hydrogen) atoms. The Morgan fingerprint density at radius 2 is 1.62 bits per heavy atom. The summed E-state index contributed by atoms with van der Waals surface area (Å²) in [6, 6.07) is 8.85. The van der Waals surface area contributed by atoms with E-state index in [1.165, 1.54) is 0 Å². The van der Waals surface area contributed by atoms with E-state index >= 15 is 0 Å². The van der Waals surface area contributed by atoms with Crippen LogP contribution in [-0.4, -0.2) is 4.77 Å². The number of hydrogen-bond acceptors (Lipinski definition) is 0. The number of alkyl halides is 3. The molecule has 0 heterocycles. The molecule has 0 saturated carbocycles. The van der Waals surface area contributed by atoms with E-state index in [0.717, 1.165) is 5.56 Å². The predicted molar refractivity (Wildman–Crippen MR) is 46.5 cm³/mol. The third kappa shape index (κ3) is 6.22. The average Bonchev–Trinajstić information content (AvgIpc) is 2.02. The molecule has 0 bridgehead atoms. The van der Waals surface area contributed by atoms with E-state index < -0.39 is 21.9 Å². The summed E-state index contributed by atoms with van der Waals surface area (Å²) in [7, 11) is 0. The van der Waals surface area contributed by atoms with Crippen LogP contribution in [0.5, 0.6) is 0 Å². The molecular weight excluding hydrogens is 298 g/mol. The van der Waals surface area contributed by atoms with Gasteiger partial charge in [-0.25, -0.2) is 0 Å². The van der Waals surface area contributed by atoms with Gasteiger partial charge >= 0.3 is 76.0 Å². The SMILES string of the molecule is Br.F[C](F)(F)[Zn][CH2]c1ccccc1. The first-order valence-corrected chi connectivity index (χ1v) is 7.27. The third-order valence-corrected chi connectivity index (χ3v) is 4.47. The second-order valence-corrected chi connectivity index (χ2v) is 6.38. The van der Waals surface area contributed by atoms with Crippen LogP contribution < -0.4 is 0 Å². The quantitative estimate of drug-likeness (QED) is 0.735. The fourth-order valence-corrected chi connectivity index (χ4v) is 2.83. The van der Waals surface area contributed by atoms with Crippen LogP contribution in [0.3, 0.4) is 0 Å². The molecule has 70 valence electrons. The molecule has 0 aliphatic heterocycles. The predicted octanol–water partition coefficient (Wildman–Crippen LogP) is 3.37. The van der Waals surface area contributed by atoms with Crippen LogP contribution in [0.15, 0.2) is 30.3 Å². The van der Waals surface area contributed by atoms with Gasteiger partial charge < -0.3 is 0 Å². The van der Waals surface area contributed by atoms with Crippen molar-refractivity contribution < 1.29 is 30.3 Å². The maximum absolute atomic E-state index is 11.8. The van der Waals surface area contributed by atoms with Gasteiger partial charge in [-0.15, -0.1) is 17.0 Å². The molecule has 0 spiro atoms. The first-order chi connectivity index (χ1) is 5.58. The zero-order chi connectivity index (χ0) is 9.03. The minimum atomic E-state index is -3.86. The van der Waals surface area contributed by atoms with Crippen molar-refractivity contribution in [3.05, 3.63) is 35.9 Å². The van der Waals surface area contributed by atoms with Gasteiger partial charge in [-0.3, -0.25) is 0 Å². The molecule has 0 amide bonds. The fourth-order valence-electron chi connectivity index (χ4n) is 0.931. The van der Waals surface area contributed by atoms with Crippen LogP contribution in [0.25, 0.3) is 0 Å². The van der Waals surface area contributed by atoms with Gasteiger partial charge in [0, 0.05) is 0 Å². The van der Waals surface area contributed by atoms with Gasteiger partial charge in [0.1, 0.15) is 0 Å².